The first-order valence-electron chi connectivity index (χ1n) is 9.04. The Morgan fingerprint density at radius 1 is 1.21 bits per heavy atom. The average molecular weight is 523 g/mol. The third-order valence-electron chi connectivity index (χ3n) is 3.87. The molecule has 29 heavy (non-hydrogen) atoms. The minimum absolute atomic E-state index is 0.251. The fourth-order valence-corrected chi connectivity index (χ4v) is 2.98. The summed E-state index contributed by atoms with van der Waals surface area (Å²) in [5.74, 6) is 0.994. The number of benzene rings is 2. The number of hydrogen-bond acceptors (Lipinski definition) is 5. The zero-order chi connectivity index (χ0) is 20.8. The lowest BCUT2D eigenvalue weighted by Crippen LogP contribution is -2.10. The summed E-state index contributed by atoms with van der Waals surface area (Å²) in [4.78, 5) is 12.3. The van der Waals surface area contributed by atoms with Gasteiger partial charge in [0.2, 0.25) is 0 Å². The third-order valence-corrected chi connectivity index (χ3v) is 4.92. The molecule has 0 aliphatic rings. The molecule has 7 heteroatoms. The molecule has 3 rings (SSSR count). The topological polar surface area (TPSA) is 63.8 Å². The van der Waals surface area contributed by atoms with Crippen molar-refractivity contribution >= 4 is 52.1 Å². The van der Waals surface area contributed by atoms with Crippen molar-refractivity contribution in [3.63, 3.8) is 0 Å². The zero-order valence-corrected chi connectivity index (χ0v) is 18.9. The van der Waals surface area contributed by atoms with Crippen LogP contribution >= 0.6 is 34.2 Å². The van der Waals surface area contributed by atoms with E-state index < -0.39 is 5.97 Å². The van der Waals surface area contributed by atoms with Gasteiger partial charge in [0, 0.05) is 9.13 Å². The van der Waals surface area contributed by atoms with Crippen LogP contribution in [0.2, 0.25) is 5.02 Å². The van der Waals surface area contributed by atoms with Gasteiger partial charge in [0.1, 0.15) is 11.5 Å². The molecule has 0 saturated carbocycles. The van der Waals surface area contributed by atoms with Gasteiger partial charge in [-0.2, -0.15) is 5.10 Å². The van der Waals surface area contributed by atoms with Crippen molar-refractivity contribution in [2.24, 2.45) is 11.0 Å². The summed E-state index contributed by atoms with van der Waals surface area (Å²) < 4.78 is 12.3. The molecule has 0 atom stereocenters. The number of anilines is 1. The van der Waals surface area contributed by atoms with E-state index >= 15 is 0 Å². The molecule has 1 N–H and O–H groups in total. The Morgan fingerprint density at radius 2 is 1.97 bits per heavy atom. The molecule has 0 fully saturated rings. The number of hydrazone groups is 1. The van der Waals surface area contributed by atoms with E-state index in [2.05, 4.69) is 33.1 Å². The lowest BCUT2D eigenvalue weighted by molar-refractivity contribution is 0.0459. The first-order valence-corrected chi connectivity index (χ1v) is 10.5. The molecule has 0 saturated heterocycles. The molecule has 2 aromatic carbocycles. The largest absolute Gasteiger partial charge is 0.462 e. The highest BCUT2D eigenvalue weighted by Crippen LogP contribution is 2.27. The van der Waals surface area contributed by atoms with Crippen LogP contribution in [0.1, 0.15) is 30.0 Å². The summed E-state index contributed by atoms with van der Waals surface area (Å²) in [5.41, 5.74) is 4.89. The maximum Gasteiger partial charge on any atom is 0.339 e. The van der Waals surface area contributed by atoms with Crippen molar-refractivity contribution in [1.29, 1.82) is 0 Å². The summed E-state index contributed by atoms with van der Waals surface area (Å²) in [6.07, 6.45) is 1.59. The van der Waals surface area contributed by atoms with Gasteiger partial charge in [-0.25, -0.2) is 4.79 Å². The monoisotopic (exact) mass is 522 g/mol. The number of nitrogens with zero attached hydrogens (tertiary/aromatic N) is 1. The average Bonchev–Trinajstić information content (AvgIpc) is 3.17. The highest BCUT2D eigenvalue weighted by molar-refractivity contribution is 14.1. The maximum absolute atomic E-state index is 12.3. The van der Waals surface area contributed by atoms with Crippen LogP contribution in [0.5, 0.6) is 0 Å². The van der Waals surface area contributed by atoms with E-state index in [-0.39, 0.29) is 5.92 Å². The highest BCUT2D eigenvalue weighted by Gasteiger charge is 2.15. The highest BCUT2D eigenvalue weighted by atomic mass is 127. The number of ether oxygens (including phenoxy) is 1. The second kappa shape index (κ2) is 9.93. The molecule has 1 heterocycles. The van der Waals surface area contributed by atoms with Gasteiger partial charge in [-0.15, -0.1) is 0 Å². The number of hydrogen-bond donors (Lipinski definition) is 1. The number of esters is 1. The lowest BCUT2D eigenvalue weighted by Gasteiger charge is -2.09. The molecule has 0 radical (unpaired) electrons. The Kier molecular flexibility index (Phi) is 7.33. The van der Waals surface area contributed by atoms with Crippen molar-refractivity contribution in [1.82, 2.24) is 0 Å². The van der Waals surface area contributed by atoms with E-state index in [4.69, 9.17) is 20.8 Å². The molecule has 0 unspecified atom stereocenters. The molecule has 3 aromatic rings. The van der Waals surface area contributed by atoms with Crippen LogP contribution in [0.15, 0.2) is 64.1 Å². The fourth-order valence-electron chi connectivity index (χ4n) is 2.43. The summed E-state index contributed by atoms with van der Waals surface area (Å²) >= 11 is 8.42. The van der Waals surface area contributed by atoms with Gasteiger partial charge in [-0.05, 0) is 83.1 Å². The maximum atomic E-state index is 12.3. The van der Waals surface area contributed by atoms with Crippen LogP contribution in [0.4, 0.5) is 5.69 Å². The standard InChI is InChI=1S/C22H20ClIN2O3/c1-14(2)13-28-22(27)19-11-15(3-9-20(19)23)21-10-8-18(29-21)12-25-26-17-6-4-16(24)5-7-17/h3-12,14,26H,13H2,1-2H3. The second-order valence-electron chi connectivity index (χ2n) is 6.77. The fraction of sp³-hybridized carbons (Fsp3) is 0.182. The molecule has 0 aliphatic carbocycles. The minimum atomic E-state index is -0.444. The second-order valence-corrected chi connectivity index (χ2v) is 8.42. The summed E-state index contributed by atoms with van der Waals surface area (Å²) in [6.45, 7) is 4.30. The summed E-state index contributed by atoms with van der Waals surface area (Å²) in [5, 5.41) is 4.53. The predicted molar refractivity (Wildman–Crippen MR) is 125 cm³/mol. The van der Waals surface area contributed by atoms with E-state index in [0.717, 1.165) is 14.8 Å². The first kappa shape index (κ1) is 21.4. The number of rotatable bonds is 7. The number of furan rings is 1. The molecule has 0 amide bonds. The first-order chi connectivity index (χ1) is 13.9. The van der Waals surface area contributed by atoms with Crippen molar-refractivity contribution in [2.75, 3.05) is 12.0 Å². The third kappa shape index (κ3) is 6.08. The van der Waals surface area contributed by atoms with Gasteiger partial charge < -0.3 is 9.15 Å². The molecule has 150 valence electrons. The van der Waals surface area contributed by atoms with Crippen molar-refractivity contribution in [3.8, 4) is 11.3 Å². The molecule has 5 nitrogen and oxygen atoms in total. The zero-order valence-electron chi connectivity index (χ0n) is 16.0. The molecular formula is C22H20ClIN2O3. The quantitative estimate of drug-likeness (QED) is 0.167. The molecule has 0 aliphatic heterocycles. The van der Waals surface area contributed by atoms with E-state index in [1.165, 1.54) is 0 Å². The van der Waals surface area contributed by atoms with Crippen LogP contribution in [-0.4, -0.2) is 18.8 Å². The van der Waals surface area contributed by atoms with Gasteiger partial charge in [0.05, 0.1) is 29.1 Å². The van der Waals surface area contributed by atoms with E-state index in [1.54, 1.807) is 30.5 Å². The van der Waals surface area contributed by atoms with Crippen LogP contribution in [0.25, 0.3) is 11.3 Å². The van der Waals surface area contributed by atoms with Crippen molar-refractivity contribution < 1.29 is 13.9 Å². The Balaban J connectivity index is 1.71. The van der Waals surface area contributed by atoms with Crippen molar-refractivity contribution in [2.45, 2.75) is 13.8 Å². The van der Waals surface area contributed by atoms with E-state index in [9.17, 15) is 4.79 Å². The van der Waals surface area contributed by atoms with Gasteiger partial charge in [-0.3, -0.25) is 5.43 Å². The molecule has 0 spiro atoms. The van der Waals surface area contributed by atoms with Gasteiger partial charge in [0.15, 0.2) is 0 Å². The van der Waals surface area contributed by atoms with Gasteiger partial charge >= 0.3 is 5.97 Å². The van der Waals surface area contributed by atoms with Gasteiger partial charge in [-0.1, -0.05) is 25.4 Å². The molecular weight excluding hydrogens is 503 g/mol. The van der Waals surface area contributed by atoms with E-state index in [1.807, 2.05) is 44.2 Å². The van der Waals surface area contributed by atoms with Crippen LogP contribution in [0, 0.1) is 9.49 Å². The summed E-state index contributed by atoms with van der Waals surface area (Å²) in [6, 6.07) is 16.6. The molecule has 0 bridgehead atoms. The summed E-state index contributed by atoms with van der Waals surface area (Å²) in [7, 11) is 0. The number of halogens is 2. The lowest BCUT2D eigenvalue weighted by atomic mass is 10.1. The van der Waals surface area contributed by atoms with Crippen LogP contribution < -0.4 is 5.43 Å². The Morgan fingerprint density at radius 3 is 2.69 bits per heavy atom. The SMILES string of the molecule is CC(C)COC(=O)c1cc(-c2ccc(C=NNc3ccc(I)cc3)o2)ccc1Cl. The smallest absolute Gasteiger partial charge is 0.339 e. The van der Waals surface area contributed by atoms with Crippen LogP contribution in [-0.2, 0) is 4.74 Å². The number of nitrogens with one attached hydrogen (secondary N) is 1. The van der Waals surface area contributed by atoms with E-state index in [0.29, 0.717) is 28.7 Å². The number of carbonyl (C=O) groups is 1. The minimum Gasteiger partial charge on any atom is -0.462 e. The predicted octanol–water partition coefficient (Wildman–Crippen LogP) is 6.46. The van der Waals surface area contributed by atoms with Crippen LogP contribution in [0.3, 0.4) is 0 Å². The molecule has 1 aromatic heterocycles. The Bertz CT molecular complexity index is 1010. The van der Waals surface area contributed by atoms with Crippen molar-refractivity contribution in [3.05, 3.63) is 74.5 Å². The normalized spacial score (nSPS) is 11.2. The Labute approximate surface area is 188 Å². The Hall–Kier alpha value is -2.32. The van der Waals surface area contributed by atoms with Gasteiger partial charge in [0.25, 0.3) is 0 Å². The number of carbonyl (C=O) groups excluding carboxylic acids is 1.